The number of Topliss-reactive ketones (excluding diaryl/α,β-unsaturated/α-hetero) is 1. The highest BCUT2D eigenvalue weighted by Crippen LogP contribution is 2.42. The van der Waals surface area contributed by atoms with E-state index >= 15 is 0 Å². The molecule has 4 rings (SSSR count). The number of carbonyl (C=O) groups excluding carboxylic acids is 2. The lowest BCUT2D eigenvalue weighted by molar-refractivity contribution is -0.132. The highest BCUT2D eigenvalue weighted by atomic mass is 16.5. The molecule has 31 heavy (non-hydrogen) atoms. The third-order valence-corrected chi connectivity index (χ3v) is 5.55. The lowest BCUT2D eigenvalue weighted by Gasteiger charge is -2.23. The first-order valence-corrected chi connectivity index (χ1v) is 10.2. The maximum Gasteiger partial charge on any atom is 0.301 e. The van der Waals surface area contributed by atoms with Crippen LogP contribution in [0, 0.1) is 13.8 Å². The molecule has 1 aromatic heterocycles. The van der Waals surface area contributed by atoms with Gasteiger partial charge in [0.05, 0.1) is 11.6 Å². The molecule has 0 bridgehead atoms. The van der Waals surface area contributed by atoms with Crippen molar-refractivity contribution in [3.05, 3.63) is 88.2 Å². The first-order valence-electron chi connectivity index (χ1n) is 10.2. The van der Waals surface area contributed by atoms with Crippen LogP contribution in [-0.4, -0.2) is 22.0 Å². The average molecular weight is 416 g/mol. The van der Waals surface area contributed by atoms with E-state index in [1.807, 2.05) is 43.3 Å². The van der Waals surface area contributed by atoms with Crippen molar-refractivity contribution < 1.29 is 19.2 Å². The number of aromatic nitrogens is 1. The van der Waals surface area contributed by atoms with Crippen LogP contribution in [0.2, 0.25) is 0 Å². The molecule has 1 saturated heterocycles. The van der Waals surface area contributed by atoms with Crippen molar-refractivity contribution in [2.45, 2.75) is 39.7 Å². The Bertz CT molecular complexity index is 1170. The Morgan fingerprint density at radius 1 is 1.03 bits per heavy atom. The largest absolute Gasteiger partial charge is 0.507 e. The fraction of sp³-hybridized carbons (Fsp3) is 0.240. The zero-order valence-corrected chi connectivity index (χ0v) is 17.9. The molecular weight excluding hydrogens is 392 g/mol. The molecule has 2 aromatic carbocycles. The first-order chi connectivity index (χ1) is 14.8. The number of amides is 1. The van der Waals surface area contributed by atoms with Crippen molar-refractivity contribution in [3.63, 3.8) is 0 Å². The quantitative estimate of drug-likeness (QED) is 0.366. The summed E-state index contributed by atoms with van der Waals surface area (Å²) in [4.78, 5) is 27.4. The molecule has 6 heteroatoms. The van der Waals surface area contributed by atoms with Crippen LogP contribution >= 0.6 is 0 Å². The molecule has 1 amide bonds. The molecule has 2 heterocycles. The molecule has 0 aliphatic carbocycles. The van der Waals surface area contributed by atoms with E-state index in [9.17, 15) is 14.7 Å². The number of hydrogen-bond donors (Lipinski definition) is 1. The van der Waals surface area contributed by atoms with Gasteiger partial charge in [0.2, 0.25) is 0 Å². The van der Waals surface area contributed by atoms with Crippen LogP contribution < -0.4 is 4.90 Å². The monoisotopic (exact) mass is 416 g/mol. The second-order valence-electron chi connectivity index (χ2n) is 8.15. The number of aliphatic hydroxyl groups is 1. The number of anilines is 1. The van der Waals surface area contributed by atoms with Crippen molar-refractivity contribution in [1.82, 2.24) is 5.16 Å². The van der Waals surface area contributed by atoms with Crippen LogP contribution in [0.25, 0.3) is 5.76 Å². The van der Waals surface area contributed by atoms with E-state index in [0.29, 0.717) is 22.8 Å². The number of ketones is 1. The Labute approximate surface area is 180 Å². The maximum absolute atomic E-state index is 13.1. The highest BCUT2D eigenvalue weighted by molar-refractivity contribution is 6.51. The molecule has 1 N–H and O–H groups in total. The molecule has 0 radical (unpaired) electrons. The summed E-state index contributed by atoms with van der Waals surface area (Å²) in [5, 5.41) is 15.0. The van der Waals surface area contributed by atoms with Crippen LogP contribution in [0.5, 0.6) is 0 Å². The molecule has 1 atom stereocenters. The van der Waals surface area contributed by atoms with Crippen LogP contribution in [0.1, 0.15) is 53.8 Å². The van der Waals surface area contributed by atoms with Gasteiger partial charge in [-0.2, -0.15) is 0 Å². The van der Waals surface area contributed by atoms with Gasteiger partial charge in [0, 0.05) is 11.6 Å². The molecule has 1 aliphatic rings. The summed E-state index contributed by atoms with van der Waals surface area (Å²) in [5.74, 6) is -0.619. The summed E-state index contributed by atoms with van der Waals surface area (Å²) >= 11 is 0. The van der Waals surface area contributed by atoms with Crippen molar-refractivity contribution in [2.24, 2.45) is 0 Å². The van der Waals surface area contributed by atoms with Gasteiger partial charge >= 0.3 is 5.91 Å². The molecule has 158 valence electrons. The minimum atomic E-state index is -0.813. The van der Waals surface area contributed by atoms with Crippen LogP contribution in [0.4, 0.5) is 5.82 Å². The van der Waals surface area contributed by atoms with Gasteiger partial charge < -0.3 is 9.63 Å². The van der Waals surface area contributed by atoms with Gasteiger partial charge in [0.1, 0.15) is 11.5 Å². The summed E-state index contributed by atoms with van der Waals surface area (Å²) in [6.45, 7) is 7.84. The standard InChI is InChI=1S/C25H24N2O4/c1-14(2)17-9-11-18(12-10-17)22-21(23(28)19-7-5-15(3)6-8-19)24(29)25(30)27(22)20-13-16(4)31-26-20/h5-14,22,28H,1-4H3/b23-21+/t22-/m0/s1. The van der Waals surface area contributed by atoms with E-state index < -0.39 is 17.7 Å². The van der Waals surface area contributed by atoms with Gasteiger partial charge in [-0.25, -0.2) is 0 Å². The Morgan fingerprint density at radius 3 is 2.23 bits per heavy atom. The van der Waals surface area contributed by atoms with E-state index in [1.54, 1.807) is 25.1 Å². The second kappa shape index (κ2) is 7.87. The minimum Gasteiger partial charge on any atom is -0.507 e. The fourth-order valence-corrected chi connectivity index (χ4v) is 3.78. The Balaban J connectivity index is 1.91. The van der Waals surface area contributed by atoms with E-state index in [1.165, 1.54) is 4.90 Å². The molecule has 3 aromatic rings. The fourth-order valence-electron chi connectivity index (χ4n) is 3.78. The number of benzene rings is 2. The van der Waals surface area contributed by atoms with Crippen molar-refractivity contribution in [3.8, 4) is 0 Å². The lowest BCUT2D eigenvalue weighted by Crippen LogP contribution is -2.29. The normalized spacial score (nSPS) is 18.2. The van der Waals surface area contributed by atoms with Crippen molar-refractivity contribution >= 4 is 23.3 Å². The van der Waals surface area contributed by atoms with E-state index in [4.69, 9.17) is 4.52 Å². The van der Waals surface area contributed by atoms with Gasteiger partial charge in [-0.1, -0.05) is 73.1 Å². The van der Waals surface area contributed by atoms with Gasteiger partial charge in [0.25, 0.3) is 5.78 Å². The summed E-state index contributed by atoms with van der Waals surface area (Å²) in [6.07, 6.45) is 0. The zero-order valence-electron chi connectivity index (χ0n) is 17.9. The predicted molar refractivity (Wildman–Crippen MR) is 118 cm³/mol. The SMILES string of the molecule is Cc1ccc(/C(O)=C2\C(=O)C(=O)N(c3cc(C)on3)[C@H]2c2ccc(C(C)C)cc2)cc1. The lowest BCUT2D eigenvalue weighted by atomic mass is 9.93. The third kappa shape index (κ3) is 3.65. The van der Waals surface area contributed by atoms with Gasteiger partial charge in [-0.05, 0) is 30.9 Å². The molecule has 0 unspecified atom stereocenters. The van der Waals surface area contributed by atoms with Gasteiger partial charge in [-0.15, -0.1) is 0 Å². The number of carbonyl (C=O) groups is 2. The topological polar surface area (TPSA) is 83.6 Å². The molecular formula is C25H24N2O4. The van der Waals surface area contributed by atoms with Gasteiger partial charge in [-0.3, -0.25) is 14.5 Å². The third-order valence-electron chi connectivity index (χ3n) is 5.55. The second-order valence-corrected chi connectivity index (χ2v) is 8.15. The summed E-state index contributed by atoms with van der Waals surface area (Å²) in [5.41, 5.74) is 3.38. The Kier molecular flexibility index (Phi) is 5.23. The zero-order chi connectivity index (χ0) is 22.3. The maximum atomic E-state index is 13.1. The Morgan fingerprint density at radius 2 is 1.68 bits per heavy atom. The average Bonchev–Trinajstić information content (AvgIpc) is 3.29. The minimum absolute atomic E-state index is 0.0341. The number of aliphatic hydroxyl groups excluding tert-OH is 1. The number of nitrogens with zero attached hydrogens (tertiary/aromatic N) is 2. The molecule has 0 spiro atoms. The van der Waals surface area contributed by atoms with Gasteiger partial charge in [0.15, 0.2) is 5.82 Å². The summed E-state index contributed by atoms with van der Waals surface area (Å²) < 4.78 is 5.16. The van der Waals surface area contributed by atoms with Crippen LogP contribution in [-0.2, 0) is 9.59 Å². The molecule has 6 nitrogen and oxygen atoms in total. The van der Waals surface area contributed by atoms with Crippen LogP contribution in [0.15, 0.2) is 64.7 Å². The van der Waals surface area contributed by atoms with E-state index in [-0.39, 0.29) is 17.2 Å². The smallest absolute Gasteiger partial charge is 0.301 e. The van der Waals surface area contributed by atoms with Crippen LogP contribution in [0.3, 0.4) is 0 Å². The van der Waals surface area contributed by atoms with E-state index in [2.05, 4.69) is 19.0 Å². The Hall–Kier alpha value is -3.67. The van der Waals surface area contributed by atoms with Crippen molar-refractivity contribution in [2.75, 3.05) is 4.90 Å². The number of rotatable bonds is 4. The summed E-state index contributed by atoms with van der Waals surface area (Å²) in [6, 6.07) is 15.7. The molecule has 0 saturated carbocycles. The molecule has 1 fully saturated rings. The van der Waals surface area contributed by atoms with Crippen molar-refractivity contribution in [1.29, 1.82) is 0 Å². The number of hydrogen-bond acceptors (Lipinski definition) is 5. The predicted octanol–water partition coefficient (Wildman–Crippen LogP) is 5.04. The number of aryl methyl sites for hydroxylation is 2. The first kappa shape index (κ1) is 20.6. The highest BCUT2D eigenvalue weighted by Gasteiger charge is 2.48. The van der Waals surface area contributed by atoms with E-state index in [0.717, 1.165) is 11.1 Å². The molecule has 1 aliphatic heterocycles. The summed E-state index contributed by atoms with van der Waals surface area (Å²) in [7, 11) is 0.